The Balaban J connectivity index is 1.70. The Morgan fingerprint density at radius 3 is 2.48 bits per heavy atom. The Morgan fingerprint density at radius 2 is 1.86 bits per heavy atom. The molecule has 0 aliphatic heterocycles. The second-order valence-electron chi connectivity index (χ2n) is 5.51. The van der Waals surface area contributed by atoms with Gasteiger partial charge in [0.1, 0.15) is 0 Å². The molecule has 0 spiro atoms. The van der Waals surface area contributed by atoms with E-state index in [1.807, 2.05) is 43.3 Å². The van der Waals surface area contributed by atoms with Gasteiger partial charge in [0.05, 0.1) is 11.2 Å². The zero-order chi connectivity index (χ0) is 14.9. The molecule has 1 saturated carbocycles. The van der Waals surface area contributed by atoms with Crippen LogP contribution in [0.25, 0.3) is 0 Å². The Kier molecular flexibility index (Phi) is 3.72. The molecule has 4 heteroatoms. The van der Waals surface area contributed by atoms with Crippen LogP contribution in [-0.4, -0.2) is 6.03 Å². The first-order valence-corrected chi connectivity index (χ1v) is 7.79. The van der Waals surface area contributed by atoms with Crippen molar-refractivity contribution < 1.29 is 4.79 Å². The summed E-state index contributed by atoms with van der Waals surface area (Å²) in [5.41, 5.74) is 2.91. The normalized spacial score (nSPS) is 15.3. The molecule has 108 valence electrons. The quantitative estimate of drug-likeness (QED) is 0.841. The minimum atomic E-state index is -0.192. The van der Waals surface area contributed by atoms with Crippen molar-refractivity contribution >= 4 is 27.6 Å². The number of rotatable bonds is 3. The first-order chi connectivity index (χ1) is 10.1. The van der Waals surface area contributed by atoms with Crippen LogP contribution >= 0.6 is 15.9 Å². The number of aryl methyl sites for hydroxylation is 1. The molecule has 0 heterocycles. The summed E-state index contributed by atoms with van der Waals surface area (Å²) in [4.78, 5) is 12.2. The van der Waals surface area contributed by atoms with Crippen LogP contribution in [0.15, 0.2) is 53.0 Å². The van der Waals surface area contributed by atoms with Crippen LogP contribution in [0, 0.1) is 6.92 Å². The summed E-state index contributed by atoms with van der Waals surface area (Å²) in [5, 5.41) is 6.01. The van der Waals surface area contributed by atoms with E-state index < -0.39 is 0 Å². The Morgan fingerprint density at radius 1 is 1.14 bits per heavy atom. The van der Waals surface area contributed by atoms with E-state index in [1.54, 1.807) is 0 Å². The molecular weight excluding hydrogens is 328 g/mol. The molecule has 1 aliphatic rings. The van der Waals surface area contributed by atoms with Crippen LogP contribution in [0.5, 0.6) is 0 Å². The number of hydrogen-bond donors (Lipinski definition) is 2. The van der Waals surface area contributed by atoms with Gasteiger partial charge in [-0.15, -0.1) is 0 Å². The molecule has 2 amide bonds. The highest BCUT2D eigenvalue weighted by Crippen LogP contribution is 2.45. The average Bonchev–Trinajstić information content (AvgIpc) is 3.24. The molecule has 3 rings (SSSR count). The van der Waals surface area contributed by atoms with Crippen molar-refractivity contribution in [2.45, 2.75) is 25.3 Å². The lowest BCUT2D eigenvalue weighted by Gasteiger charge is -2.19. The largest absolute Gasteiger partial charge is 0.328 e. The highest BCUT2D eigenvalue weighted by molar-refractivity contribution is 9.10. The van der Waals surface area contributed by atoms with Gasteiger partial charge in [-0.25, -0.2) is 4.79 Å². The Bertz CT molecular complexity index is 666. The summed E-state index contributed by atoms with van der Waals surface area (Å²) in [5.74, 6) is 0. The summed E-state index contributed by atoms with van der Waals surface area (Å²) in [6.45, 7) is 2.02. The van der Waals surface area contributed by atoms with Crippen LogP contribution in [-0.2, 0) is 5.54 Å². The van der Waals surface area contributed by atoms with E-state index in [1.165, 1.54) is 5.56 Å². The van der Waals surface area contributed by atoms with Gasteiger partial charge >= 0.3 is 6.03 Å². The van der Waals surface area contributed by atoms with Crippen molar-refractivity contribution in [1.82, 2.24) is 5.32 Å². The minimum Gasteiger partial charge on any atom is -0.328 e. The number of carbonyl (C=O) groups is 1. The highest BCUT2D eigenvalue weighted by atomic mass is 79.9. The number of urea groups is 1. The van der Waals surface area contributed by atoms with Crippen LogP contribution in [0.1, 0.15) is 24.0 Å². The standard InChI is InChI=1S/C17H17BrN2O/c1-12-7-8-15(14(18)11-12)19-16(21)20-17(9-10-17)13-5-3-2-4-6-13/h2-8,11H,9-10H2,1H3,(H2,19,20,21). The number of benzene rings is 2. The van der Waals surface area contributed by atoms with E-state index in [2.05, 4.69) is 38.7 Å². The van der Waals surface area contributed by atoms with Gasteiger partial charge in [0.25, 0.3) is 0 Å². The fourth-order valence-corrected chi connectivity index (χ4v) is 3.05. The lowest BCUT2D eigenvalue weighted by atomic mass is 10.1. The molecule has 21 heavy (non-hydrogen) atoms. The number of anilines is 1. The van der Waals surface area contributed by atoms with E-state index in [9.17, 15) is 4.79 Å². The third-order valence-corrected chi connectivity index (χ3v) is 4.46. The molecule has 0 unspecified atom stereocenters. The summed E-state index contributed by atoms with van der Waals surface area (Å²) >= 11 is 3.47. The molecule has 1 aliphatic carbocycles. The van der Waals surface area contributed by atoms with Crippen LogP contribution in [0.4, 0.5) is 10.5 Å². The van der Waals surface area contributed by atoms with Crippen molar-refractivity contribution in [3.63, 3.8) is 0 Å². The zero-order valence-corrected chi connectivity index (χ0v) is 13.4. The van der Waals surface area contributed by atoms with Crippen molar-refractivity contribution in [3.8, 4) is 0 Å². The molecule has 2 aromatic rings. The van der Waals surface area contributed by atoms with E-state index in [0.717, 1.165) is 28.6 Å². The topological polar surface area (TPSA) is 41.1 Å². The van der Waals surface area contributed by atoms with Crippen LogP contribution < -0.4 is 10.6 Å². The monoisotopic (exact) mass is 344 g/mol. The van der Waals surface area contributed by atoms with Gasteiger partial charge in [0, 0.05) is 4.47 Å². The van der Waals surface area contributed by atoms with E-state index >= 15 is 0 Å². The van der Waals surface area contributed by atoms with Gasteiger partial charge in [-0.2, -0.15) is 0 Å². The van der Waals surface area contributed by atoms with Crippen LogP contribution in [0.2, 0.25) is 0 Å². The second-order valence-corrected chi connectivity index (χ2v) is 6.36. The smallest absolute Gasteiger partial charge is 0.319 e. The zero-order valence-electron chi connectivity index (χ0n) is 11.8. The molecule has 0 saturated heterocycles. The molecule has 3 nitrogen and oxygen atoms in total. The maximum atomic E-state index is 12.2. The average molecular weight is 345 g/mol. The fraction of sp³-hybridized carbons (Fsp3) is 0.235. The van der Waals surface area contributed by atoms with E-state index in [4.69, 9.17) is 0 Å². The van der Waals surface area contributed by atoms with Gasteiger partial charge < -0.3 is 10.6 Å². The fourth-order valence-electron chi connectivity index (χ4n) is 2.46. The molecule has 1 fully saturated rings. The van der Waals surface area contributed by atoms with Crippen LogP contribution in [0.3, 0.4) is 0 Å². The second kappa shape index (κ2) is 5.53. The number of nitrogens with one attached hydrogen (secondary N) is 2. The SMILES string of the molecule is Cc1ccc(NC(=O)NC2(c3ccccc3)CC2)c(Br)c1. The van der Waals surface area contributed by atoms with Gasteiger partial charge in [0.2, 0.25) is 0 Å². The van der Waals surface area contributed by atoms with Crippen molar-refractivity contribution in [2.24, 2.45) is 0 Å². The lowest BCUT2D eigenvalue weighted by molar-refractivity contribution is 0.247. The molecule has 0 radical (unpaired) electrons. The van der Waals surface area contributed by atoms with E-state index in [0.29, 0.717) is 0 Å². The number of hydrogen-bond acceptors (Lipinski definition) is 1. The molecule has 2 aromatic carbocycles. The Labute approximate surface area is 132 Å². The maximum Gasteiger partial charge on any atom is 0.319 e. The van der Waals surface area contributed by atoms with E-state index in [-0.39, 0.29) is 11.6 Å². The molecule has 2 N–H and O–H groups in total. The minimum absolute atomic E-state index is 0.166. The third-order valence-electron chi connectivity index (χ3n) is 3.80. The van der Waals surface area contributed by atoms with Crippen molar-refractivity contribution in [1.29, 1.82) is 0 Å². The summed E-state index contributed by atoms with van der Waals surface area (Å²) in [7, 11) is 0. The molecule has 0 aromatic heterocycles. The molecule has 0 atom stereocenters. The third kappa shape index (κ3) is 3.10. The predicted molar refractivity (Wildman–Crippen MR) is 88.4 cm³/mol. The summed E-state index contributed by atoms with van der Waals surface area (Å²) < 4.78 is 0.891. The van der Waals surface area contributed by atoms with Crippen molar-refractivity contribution in [2.75, 3.05) is 5.32 Å². The lowest BCUT2D eigenvalue weighted by Crippen LogP contribution is -2.38. The number of amides is 2. The van der Waals surface area contributed by atoms with Gasteiger partial charge in [0.15, 0.2) is 0 Å². The first-order valence-electron chi connectivity index (χ1n) is 7.00. The van der Waals surface area contributed by atoms with Gasteiger partial charge in [-0.05, 0) is 59.0 Å². The summed E-state index contributed by atoms with van der Waals surface area (Å²) in [6, 6.07) is 15.8. The first kappa shape index (κ1) is 14.1. The van der Waals surface area contributed by atoms with Crippen molar-refractivity contribution in [3.05, 3.63) is 64.1 Å². The Hall–Kier alpha value is -1.81. The summed E-state index contributed by atoms with van der Waals surface area (Å²) in [6.07, 6.45) is 1.97. The highest BCUT2D eigenvalue weighted by Gasteiger charge is 2.45. The molecule has 0 bridgehead atoms. The maximum absolute atomic E-state index is 12.2. The number of carbonyl (C=O) groups excluding carboxylic acids is 1. The van der Waals surface area contributed by atoms with Gasteiger partial charge in [-0.1, -0.05) is 36.4 Å². The predicted octanol–water partition coefficient (Wildman–Crippen LogP) is 4.57. The molecular formula is C17H17BrN2O. The number of halogens is 1. The van der Waals surface area contributed by atoms with Gasteiger partial charge in [-0.3, -0.25) is 0 Å².